The van der Waals surface area contributed by atoms with E-state index in [4.69, 9.17) is 14.1 Å². The van der Waals surface area contributed by atoms with Gasteiger partial charge in [-0.1, -0.05) is 26.0 Å². The molecule has 0 bridgehead atoms. The van der Waals surface area contributed by atoms with Crippen molar-refractivity contribution < 1.29 is 9.15 Å². The van der Waals surface area contributed by atoms with Gasteiger partial charge >= 0.3 is 5.63 Å². The van der Waals surface area contributed by atoms with Crippen molar-refractivity contribution in [3.05, 3.63) is 46.3 Å². The van der Waals surface area contributed by atoms with Gasteiger partial charge in [-0.2, -0.15) is 0 Å². The summed E-state index contributed by atoms with van der Waals surface area (Å²) in [6.07, 6.45) is 0. The van der Waals surface area contributed by atoms with E-state index >= 15 is 0 Å². The first-order valence-corrected chi connectivity index (χ1v) is 8.34. The van der Waals surface area contributed by atoms with Gasteiger partial charge < -0.3 is 14.1 Å². The van der Waals surface area contributed by atoms with Crippen LogP contribution in [-0.4, -0.2) is 31.3 Å². The fourth-order valence-electron chi connectivity index (χ4n) is 3.24. The second-order valence-corrected chi connectivity index (χ2v) is 6.44. The number of hydrogen-bond acceptors (Lipinski definition) is 5. The summed E-state index contributed by atoms with van der Waals surface area (Å²) in [4.78, 5) is 19.6. The van der Waals surface area contributed by atoms with Crippen molar-refractivity contribution in [2.24, 2.45) is 0 Å². The molecule has 1 aromatic carbocycles. The van der Waals surface area contributed by atoms with Crippen molar-refractivity contribution in [2.75, 3.05) is 31.2 Å². The van der Waals surface area contributed by atoms with E-state index in [1.165, 1.54) is 0 Å². The molecule has 0 spiro atoms. The average molecular weight is 324 g/mol. The number of ether oxygens (including phenoxy) is 1. The highest BCUT2D eigenvalue weighted by molar-refractivity contribution is 6.02. The number of rotatable bonds is 2. The Morgan fingerprint density at radius 1 is 1.12 bits per heavy atom. The Bertz CT molecular complexity index is 956. The fraction of sp³-hybridized carbons (Fsp3) is 0.368. The van der Waals surface area contributed by atoms with Crippen molar-refractivity contribution in [1.29, 1.82) is 0 Å². The number of anilines is 1. The number of aromatic nitrogens is 1. The highest BCUT2D eigenvalue weighted by Gasteiger charge is 2.21. The lowest BCUT2D eigenvalue weighted by atomic mass is 10.0. The van der Waals surface area contributed by atoms with Gasteiger partial charge in [0.1, 0.15) is 11.4 Å². The van der Waals surface area contributed by atoms with E-state index in [0.29, 0.717) is 29.7 Å². The topological polar surface area (TPSA) is 55.6 Å². The molecule has 0 radical (unpaired) electrons. The minimum Gasteiger partial charge on any atom is -0.422 e. The quantitative estimate of drug-likeness (QED) is 0.535. The Labute approximate surface area is 139 Å². The molecule has 0 atom stereocenters. The molecule has 0 N–H and O–H groups in total. The molecule has 3 heterocycles. The van der Waals surface area contributed by atoms with Crippen molar-refractivity contribution >= 4 is 27.7 Å². The third-order valence-electron chi connectivity index (χ3n) is 4.53. The van der Waals surface area contributed by atoms with Crippen LogP contribution in [0.5, 0.6) is 0 Å². The van der Waals surface area contributed by atoms with Crippen LogP contribution in [0.15, 0.2) is 39.5 Å². The number of nitrogens with zero attached hydrogens (tertiary/aromatic N) is 2. The van der Waals surface area contributed by atoms with Crippen LogP contribution in [0.1, 0.15) is 25.3 Å². The van der Waals surface area contributed by atoms with Crippen LogP contribution in [0.25, 0.3) is 21.9 Å². The van der Waals surface area contributed by atoms with Crippen LogP contribution in [0.3, 0.4) is 0 Å². The van der Waals surface area contributed by atoms with Crippen LogP contribution >= 0.6 is 0 Å². The molecule has 1 aliphatic rings. The van der Waals surface area contributed by atoms with Gasteiger partial charge in [-0.25, -0.2) is 9.78 Å². The highest BCUT2D eigenvalue weighted by Crippen LogP contribution is 2.31. The summed E-state index contributed by atoms with van der Waals surface area (Å²) < 4.78 is 10.9. The molecule has 3 aromatic rings. The normalized spacial score (nSPS) is 15.5. The zero-order valence-corrected chi connectivity index (χ0v) is 13.9. The van der Waals surface area contributed by atoms with E-state index in [2.05, 4.69) is 18.7 Å². The van der Waals surface area contributed by atoms with E-state index in [1.807, 2.05) is 30.3 Å². The van der Waals surface area contributed by atoms with Gasteiger partial charge in [-0.3, -0.25) is 0 Å². The molecule has 1 fully saturated rings. The number of fused-ring (bicyclic) bond motifs is 3. The lowest BCUT2D eigenvalue weighted by molar-refractivity contribution is 0.122. The molecule has 5 heteroatoms. The van der Waals surface area contributed by atoms with Crippen LogP contribution in [0.4, 0.5) is 5.82 Å². The summed E-state index contributed by atoms with van der Waals surface area (Å²) in [5.74, 6) is 1.22. The Hall–Kier alpha value is -2.40. The van der Waals surface area contributed by atoms with Crippen molar-refractivity contribution in [1.82, 2.24) is 4.98 Å². The standard InChI is InChI=1S/C19H20N2O3/c1-12(2)14-11-15-17(20-18(14)21-7-9-23-10-8-21)13-5-3-4-6-16(13)24-19(15)22/h3-6,11-12H,7-10H2,1-2H3. The number of pyridine rings is 1. The first-order chi connectivity index (χ1) is 11.6. The molecule has 1 aliphatic heterocycles. The van der Waals surface area contributed by atoms with Crippen LogP contribution in [-0.2, 0) is 4.74 Å². The first kappa shape index (κ1) is 15.1. The summed E-state index contributed by atoms with van der Waals surface area (Å²) in [5.41, 5.74) is 2.04. The largest absolute Gasteiger partial charge is 0.422 e. The number of para-hydroxylation sites is 1. The Balaban J connectivity index is 2.04. The third kappa shape index (κ3) is 2.45. The summed E-state index contributed by atoms with van der Waals surface area (Å²) in [7, 11) is 0. The smallest absolute Gasteiger partial charge is 0.345 e. The molecule has 0 aliphatic carbocycles. The minimum absolute atomic E-state index is 0.269. The molecule has 2 aromatic heterocycles. The highest BCUT2D eigenvalue weighted by atomic mass is 16.5. The Morgan fingerprint density at radius 3 is 2.62 bits per heavy atom. The number of hydrogen-bond donors (Lipinski definition) is 0. The van der Waals surface area contributed by atoms with Gasteiger partial charge in [-0.15, -0.1) is 0 Å². The number of benzene rings is 1. The lowest BCUT2D eigenvalue weighted by Gasteiger charge is -2.30. The van der Waals surface area contributed by atoms with Crippen LogP contribution < -0.4 is 10.5 Å². The van der Waals surface area contributed by atoms with Gasteiger partial charge in [0, 0.05) is 18.5 Å². The molecule has 0 amide bonds. The molecule has 1 saturated heterocycles. The van der Waals surface area contributed by atoms with Crippen molar-refractivity contribution in [3.8, 4) is 0 Å². The molecular weight excluding hydrogens is 304 g/mol. The lowest BCUT2D eigenvalue weighted by Crippen LogP contribution is -2.37. The maximum absolute atomic E-state index is 12.4. The molecule has 4 rings (SSSR count). The van der Waals surface area contributed by atoms with Gasteiger partial charge in [0.05, 0.1) is 24.1 Å². The first-order valence-electron chi connectivity index (χ1n) is 8.34. The van der Waals surface area contributed by atoms with Gasteiger partial charge in [-0.05, 0) is 29.7 Å². The SMILES string of the molecule is CC(C)c1cc2c(=O)oc3ccccc3c2nc1N1CCOCC1. The van der Waals surface area contributed by atoms with Crippen LogP contribution in [0, 0.1) is 0 Å². The van der Waals surface area contributed by atoms with Crippen molar-refractivity contribution in [3.63, 3.8) is 0 Å². The molecule has 24 heavy (non-hydrogen) atoms. The Kier molecular flexibility index (Phi) is 3.73. The van der Waals surface area contributed by atoms with Gasteiger partial charge in [0.15, 0.2) is 0 Å². The predicted octanol–water partition coefficient (Wildman–Crippen LogP) is 3.30. The summed E-state index contributed by atoms with van der Waals surface area (Å²) in [5, 5.41) is 1.42. The van der Waals surface area contributed by atoms with E-state index in [1.54, 1.807) is 0 Å². The van der Waals surface area contributed by atoms with Gasteiger partial charge in [0.25, 0.3) is 0 Å². The molecule has 0 saturated carbocycles. The number of morpholine rings is 1. The predicted molar refractivity (Wildman–Crippen MR) is 94.9 cm³/mol. The molecule has 0 unspecified atom stereocenters. The molecular formula is C19H20N2O3. The maximum Gasteiger partial charge on any atom is 0.345 e. The van der Waals surface area contributed by atoms with Gasteiger partial charge in [0.2, 0.25) is 0 Å². The zero-order valence-electron chi connectivity index (χ0n) is 13.9. The van der Waals surface area contributed by atoms with E-state index in [-0.39, 0.29) is 11.5 Å². The van der Waals surface area contributed by atoms with Crippen LogP contribution in [0.2, 0.25) is 0 Å². The second-order valence-electron chi connectivity index (χ2n) is 6.44. The summed E-state index contributed by atoms with van der Waals surface area (Å²) >= 11 is 0. The fourth-order valence-corrected chi connectivity index (χ4v) is 3.24. The maximum atomic E-state index is 12.4. The summed E-state index contributed by atoms with van der Waals surface area (Å²) in [6.45, 7) is 7.28. The second kappa shape index (κ2) is 5.91. The van der Waals surface area contributed by atoms with E-state index in [0.717, 1.165) is 29.9 Å². The average Bonchev–Trinajstić information content (AvgIpc) is 2.61. The summed E-state index contributed by atoms with van der Waals surface area (Å²) in [6, 6.07) is 9.52. The van der Waals surface area contributed by atoms with E-state index < -0.39 is 0 Å². The zero-order chi connectivity index (χ0) is 16.7. The monoisotopic (exact) mass is 324 g/mol. The molecule has 124 valence electrons. The third-order valence-corrected chi connectivity index (χ3v) is 4.53. The Morgan fingerprint density at radius 2 is 1.88 bits per heavy atom. The minimum atomic E-state index is -0.327. The van der Waals surface area contributed by atoms with Crippen molar-refractivity contribution in [2.45, 2.75) is 19.8 Å². The van der Waals surface area contributed by atoms with E-state index in [9.17, 15) is 4.79 Å². The molecule has 5 nitrogen and oxygen atoms in total.